The molecular weight excluding hydrogens is 180 g/mol. The highest BCUT2D eigenvalue weighted by Crippen LogP contribution is 2.34. The quantitative estimate of drug-likeness (QED) is 0.596. The molecule has 1 aromatic rings. The molecule has 1 rings (SSSR count). The molecule has 0 aliphatic rings. The molecule has 1 nitrogen and oxygen atoms in total. The predicted octanol–water partition coefficient (Wildman–Crippen LogP) is 0.972. The van der Waals surface area contributed by atoms with Crippen LogP contribution < -0.4 is 10.2 Å². The Morgan fingerprint density at radius 1 is 1.31 bits per heavy atom. The summed E-state index contributed by atoms with van der Waals surface area (Å²) in [6, 6.07) is 4.24. The number of halogens is 3. The molecule has 0 amide bonds. The van der Waals surface area contributed by atoms with Gasteiger partial charge < -0.3 is 4.74 Å². The molecule has 0 unspecified atom stereocenters. The zero-order valence-corrected chi connectivity index (χ0v) is 7.27. The number of ether oxygens (including phenoxy) is 1. The third-order valence-corrected chi connectivity index (χ3v) is 1.74. The van der Waals surface area contributed by atoms with Crippen LogP contribution in [0.5, 0.6) is 5.75 Å². The Morgan fingerprint density at radius 2 is 1.92 bits per heavy atom. The lowest BCUT2D eigenvalue weighted by Gasteiger charge is -2.14. The van der Waals surface area contributed by atoms with E-state index >= 15 is 0 Å². The van der Waals surface area contributed by atoms with Gasteiger partial charge >= 0.3 is 6.18 Å². The van der Waals surface area contributed by atoms with Gasteiger partial charge in [-0.05, 0) is 6.07 Å². The molecule has 0 spiro atoms. The lowest BCUT2D eigenvalue weighted by Crippen LogP contribution is -2.20. The van der Waals surface area contributed by atoms with Crippen LogP contribution in [-0.2, 0) is 6.18 Å². The smallest absolute Gasteiger partial charge is 0.419 e. The summed E-state index contributed by atoms with van der Waals surface area (Å²) in [5.41, 5.74) is -0.524. The molecule has 0 saturated heterocycles. The van der Waals surface area contributed by atoms with E-state index in [0.29, 0.717) is 0 Å². The summed E-state index contributed by atoms with van der Waals surface area (Å²) in [6.45, 7) is 0. The van der Waals surface area contributed by atoms with Crippen molar-refractivity contribution in [3.63, 3.8) is 0 Å². The van der Waals surface area contributed by atoms with Crippen molar-refractivity contribution in [2.24, 2.45) is 0 Å². The van der Waals surface area contributed by atoms with Gasteiger partial charge in [-0.15, -0.1) is 0 Å². The van der Waals surface area contributed by atoms with Crippen LogP contribution in [-0.4, -0.2) is 15.0 Å². The molecule has 0 aliphatic carbocycles. The fourth-order valence-corrected chi connectivity index (χ4v) is 1.17. The summed E-state index contributed by atoms with van der Waals surface area (Å²) in [6.07, 6.45) is -4.35. The predicted molar refractivity (Wildman–Crippen MR) is 46.2 cm³/mol. The van der Waals surface area contributed by atoms with Crippen molar-refractivity contribution in [2.45, 2.75) is 6.18 Å². The van der Waals surface area contributed by atoms with Crippen LogP contribution >= 0.6 is 0 Å². The maximum atomic E-state index is 12.4. The minimum Gasteiger partial charge on any atom is -0.496 e. The van der Waals surface area contributed by atoms with Gasteiger partial charge in [0.05, 0.1) is 12.7 Å². The van der Waals surface area contributed by atoms with Gasteiger partial charge in [0.15, 0.2) is 0 Å². The molecule has 0 atom stereocenters. The standard InChI is InChI=1S/C8H8BF3O/c1-13-6-4-2-3-5(9)7(6)8(10,11)12/h2-4H,9H2,1H3. The van der Waals surface area contributed by atoms with Crippen molar-refractivity contribution in [3.8, 4) is 5.75 Å². The van der Waals surface area contributed by atoms with Gasteiger partial charge in [0.2, 0.25) is 0 Å². The first kappa shape index (κ1) is 9.96. The van der Waals surface area contributed by atoms with Gasteiger partial charge in [-0.25, -0.2) is 0 Å². The lowest BCUT2D eigenvalue weighted by molar-refractivity contribution is -0.137. The molecule has 13 heavy (non-hydrogen) atoms. The zero-order chi connectivity index (χ0) is 10.1. The molecule has 70 valence electrons. The lowest BCUT2D eigenvalue weighted by atomic mass is 9.90. The fraction of sp³-hybridized carbons (Fsp3) is 0.250. The fourth-order valence-electron chi connectivity index (χ4n) is 1.17. The van der Waals surface area contributed by atoms with Gasteiger partial charge in [0.25, 0.3) is 0 Å². The first-order valence-corrected chi connectivity index (χ1v) is 3.67. The van der Waals surface area contributed by atoms with Crippen molar-refractivity contribution < 1.29 is 17.9 Å². The van der Waals surface area contributed by atoms with E-state index in [1.807, 2.05) is 0 Å². The second-order valence-corrected chi connectivity index (χ2v) is 2.65. The highest BCUT2D eigenvalue weighted by molar-refractivity contribution is 6.33. The molecule has 5 heteroatoms. The van der Waals surface area contributed by atoms with Gasteiger partial charge in [0.1, 0.15) is 13.6 Å². The van der Waals surface area contributed by atoms with E-state index in [9.17, 15) is 13.2 Å². The molecular formula is C8H8BF3O. The normalized spacial score (nSPS) is 11.4. The summed E-state index contributed by atoms with van der Waals surface area (Å²) < 4.78 is 41.9. The van der Waals surface area contributed by atoms with Crippen molar-refractivity contribution in [1.29, 1.82) is 0 Å². The molecule has 0 aromatic heterocycles. The molecule has 0 fully saturated rings. The van der Waals surface area contributed by atoms with E-state index in [-0.39, 0.29) is 11.2 Å². The minimum absolute atomic E-state index is 0.132. The van der Waals surface area contributed by atoms with E-state index < -0.39 is 11.7 Å². The Hall–Kier alpha value is -1.13. The van der Waals surface area contributed by atoms with E-state index in [4.69, 9.17) is 0 Å². The van der Waals surface area contributed by atoms with Crippen molar-refractivity contribution in [1.82, 2.24) is 0 Å². The summed E-state index contributed by atoms with van der Waals surface area (Å²) in [5.74, 6) is -0.132. The highest BCUT2D eigenvalue weighted by Gasteiger charge is 2.35. The van der Waals surface area contributed by atoms with Gasteiger partial charge in [-0.3, -0.25) is 0 Å². The Balaban J connectivity index is 3.32. The SMILES string of the molecule is Bc1cccc(OC)c1C(F)(F)F. The average molecular weight is 188 g/mol. The average Bonchev–Trinajstić information content (AvgIpc) is 2.01. The van der Waals surface area contributed by atoms with Gasteiger partial charge in [0, 0.05) is 0 Å². The molecule has 0 aliphatic heterocycles. The van der Waals surface area contributed by atoms with Crippen molar-refractivity contribution in [2.75, 3.05) is 7.11 Å². The number of alkyl halides is 3. The maximum Gasteiger partial charge on any atom is 0.419 e. The number of methoxy groups -OCH3 is 1. The Bertz CT molecular complexity index is 309. The first-order valence-electron chi connectivity index (χ1n) is 3.67. The third kappa shape index (κ3) is 1.97. The summed E-state index contributed by atoms with van der Waals surface area (Å²) >= 11 is 0. The Labute approximate surface area is 74.9 Å². The number of rotatable bonds is 1. The zero-order valence-electron chi connectivity index (χ0n) is 7.27. The van der Waals surface area contributed by atoms with E-state index in [1.165, 1.54) is 33.2 Å². The van der Waals surface area contributed by atoms with Gasteiger partial charge in [-0.2, -0.15) is 13.2 Å². The monoisotopic (exact) mass is 188 g/mol. The Kier molecular flexibility index (Phi) is 2.54. The minimum atomic E-state index is -4.35. The van der Waals surface area contributed by atoms with E-state index in [1.54, 1.807) is 0 Å². The number of benzene rings is 1. The van der Waals surface area contributed by atoms with Crippen molar-refractivity contribution >= 4 is 13.3 Å². The molecule has 1 aromatic carbocycles. The topological polar surface area (TPSA) is 9.23 Å². The first-order chi connectivity index (χ1) is 5.96. The van der Waals surface area contributed by atoms with Crippen molar-refractivity contribution in [3.05, 3.63) is 23.8 Å². The maximum absolute atomic E-state index is 12.4. The van der Waals surface area contributed by atoms with E-state index in [0.717, 1.165) is 0 Å². The second kappa shape index (κ2) is 3.32. The number of hydrogen-bond donors (Lipinski definition) is 0. The molecule has 0 heterocycles. The van der Waals surface area contributed by atoms with Gasteiger partial charge in [-0.1, -0.05) is 17.6 Å². The molecule has 0 radical (unpaired) electrons. The third-order valence-electron chi connectivity index (χ3n) is 1.74. The highest BCUT2D eigenvalue weighted by atomic mass is 19.4. The molecule has 0 bridgehead atoms. The second-order valence-electron chi connectivity index (χ2n) is 2.65. The van der Waals surface area contributed by atoms with Crippen LogP contribution in [0, 0.1) is 0 Å². The summed E-state index contributed by atoms with van der Waals surface area (Å²) in [7, 11) is 2.63. The van der Waals surface area contributed by atoms with Crippen LogP contribution in [0.2, 0.25) is 0 Å². The van der Waals surface area contributed by atoms with Crippen LogP contribution in [0.4, 0.5) is 13.2 Å². The molecule has 0 saturated carbocycles. The van der Waals surface area contributed by atoms with Crippen LogP contribution in [0.1, 0.15) is 5.56 Å². The van der Waals surface area contributed by atoms with E-state index in [2.05, 4.69) is 4.74 Å². The number of hydrogen-bond acceptors (Lipinski definition) is 1. The molecule has 0 N–H and O–H groups in total. The Morgan fingerprint density at radius 3 is 2.31 bits per heavy atom. The summed E-state index contributed by atoms with van der Waals surface area (Å²) in [5, 5.41) is 0. The van der Waals surface area contributed by atoms with Crippen LogP contribution in [0.15, 0.2) is 18.2 Å². The van der Waals surface area contributed by atoms with Crippen LogP contribution in [0.3, 0.4) is 0 Å². The summed E-state index contributed by atoms with van der Waals surface area (Å²) in [4.78, 5) is 0. The van der Waals surface area contributed by atoms with Crippen LogP contribution in [0.25, 0.3) is 0 Å². The largest absolute Gasteiger partial charge is 0.496 e.